The minimum absolute atomic E-state index is 0.0318. The first-order chi connectivity index (χ1) is 10.8. The van der Waals surface area contributed by atoms with E-state index in [4.69, 9.17) is 11.6 Å². The second kappa shape index (κ2) is 6.07. The molecule has 23 heavy (non-hydrogen) atoms. The van der Waals surface area contributed by atoms with E-state index < -0.39 is 11.7 Å². The molecular formula is C14H16ClF3N4O. The molecule has 0 unspecified atom stereocenters. The van der Waals surface area contributed by atoms with Crippen LogP contribution in [0, 0.1) is 0 Å². The van der Waals surface area contributed by atoms with E-state index in [0.29, 0.717) is 38.0 Å². The van der Waals surface area contributed by atoms with Crippen molar-refractivity contribution in [3.05, 3.63) is 22.8 Å². The van der Waals surface area contributed by atoms with Gasteiger partial charge in [0.15, 0.2) is 0 Å². The number of nitrogens with zero attached hydrogens (tertiary/aromatic N) is 3. The molecule has 9 heteroatoms. The Kier molecular flexibility index (Phi) is 4.27. The SMILES string of the molecule is O=C(NC1CC1)N1CCN(c2ncc(C(F)(F)F)cc2Cl)CC1. The fourth-order valence-electron chi connectivity index (χ4n) is 2.43. The van der Waals surface area contributed by atoms with Gasteiger partial charge in [-0.15, -0.1) is 0 Å². The number of amides is 2. The molecule has 2 heterocycles. The summed E-state index contributed by atoms with van der Waals surface area (Å²) in [5.74, 6) is 0.321. The number of carbonyl (C=O) groups excluding carboxylic acids is 1. The van der Waals surface area contributed by atoms with Crippen LogP contribution in [0.4, 0.5) is 23.8 Å². The van der Waals surface area contributed by atoms with Gasteiger partial charge in [0.1, 0.15) is 5.82 Å². The molecule has 0 bridgehead atoms. The average Bonchev–Trinajstić information content (AvgIpc) is 3.30. The lowest BCUT2D eigenvalue weighted by molar-refractivity contribution is -0.137. The molecule has 0 spiro atoms. The van der Waals surface area contributed by atoms with Crippen molar-refractivity contribution in [2.75, 3.05) is 31.1 Å². The minimum atomic E-state index is -4.46. The van der Waals surface area contributed by atoms with Crippen molar-refractivity contribution in [3.8, 4) is 0 Å². The zero-order chi connectivity index (χ0) is 16.6. The van der Waals surface area contributed by atoms with Crippen LogP contribution in [0.2, 0.25) is 5.02 Å². The number of anilines is 1. The first kappa shape index (κ1) is 16.2. The highest BCUT2D eigenvalue weighted by atomic mass is 35.5. The second-order valence-corrected chi connectivity index (χ2v) is 6.13. The highest BCUT2D eigenvalue weighted by molar-refractivity contribution is 6.33. The molecular weight excluding hydrogens is 333 g/mol. The summed E-state index contributed by atoms with van der Waals surface area (Å²) in [6, 6.07) is 1.10. The van der Waals surface area contributed by atoms with Crippen molar-refractivity contribution in [3.63, 3.8) is 0 Å². The van der Waals surface area contributed by atoms with Crippen molar-refractivity contribution in [1.29, 1.82) is 0 Å². The van der Waals surface area contributed by atoms with Crippen molar-refractivity contribution in [2.45, 2.75) is 25.1 Å². The molecule has 2 amide bonds. The zero-order valence-corrected chi connectivity index (χ0v) is 13.0. The van der Waals surface area contributed by atoms with Gasteiger partial charge in [0, 0.05) is 38.4 Å². The van der Waals surface area contributed by atoms with E-state index in [1.54, 1.807) is 9.80 Å². The number of nitrogens with one attached hydrogen (secondary N) is 1. The van der Waals surface area contributed by atoms with Gasteiger partial charge < -0.3 is 15.1 Å². The van der Waals surface area contributed by atoms with Gasteiger partial charge >= 0.3 is 12.2 Å². The number of hydrogen-bond acceptors (Lipinski definition) is 3. The van der Waals surface area contributed by atoms with Gasteiger partial charge in [-0.3, -0.25) is 0 Å². The van der Waals surface area contributed by atoms with Crippen LogP contribution >= 0.6 is 11.6 Å². The van der Waals surface area contributed by atoms with Crippen molar-refractivity contribution < 1.29 is 18.0 Å². The van der Waals surface area contributed by atoms with Gasteiger partial charge in [-0.2, -0.15) is 13.2 Å². The molecule has 3 rings (SSSR count). The quantitative estimate of drug-likeness (QED) is 0.894. The van der Waals surface area contributed by atoms with E-state index >= 15 is 0 Å². The third-order valence-electron chi connectivity index (χ3n) is 3.92. The molecule has 2 fully saturated rings. The van der Waals surface area contributed by atoms with Gasteiger partial charge in [-0.05, 0) is 18.9 Å². The number of piperazine rings is 1. The fourth-order valence-corrected chi connectivity index (χ4v) is 2.72. The summed E-state index contributed by atoms with van der Waals surface area (Å²) in [7, 11) is 0. The average molecular weight is 349 g/mol. The predicted octanol–water partition coefficient (Wildman–Crippen LogP) is 2.75. The lowest BCUT2D eigenvalue weighted by Crippen LogP contribution is -2.52. The Labute approximate surface area is 136 Å². The van der Waals surface area contributed by atoms with Crippen molar-refractivity contribution >= 4 is 23.4 Å². The topological polar surface area (TPSA) is 48.5 Å². The number of alkyl halides is 3. The molecule has 1 aromatic rings. The lowest BCUT2D eigenvalue weighted by atomic mass is 10.2. The third kappa shape index (κ3) is 3.80. The minimum Gasteiger partial charge on any atom is -0.352 e. The molecule has 126 valence electrons. The molecule has 0 radical (unpaired) electrons. The Hall–Kier alpha value is -1.70. The third-order valence-corrected chi connectivity index (χ3v) is 4.20. The maximum absolute atomic E-state index is 12.6. The van der Waals surface area contributed by atoms with Crippen LogP contribution in [0.5, 0.6) is 0 Å². The molecule has 1 aromatic heterocycles. The first-order valence-corrected chi connectivity index (χ1v) is 7.75. The second-order valence-electron chi connectivity index (χ2n) is 5.73. The van der Waals surface area contributed by atoms with Crippen LogP contribution in [-0.4, -0.2) is 48.1 Å². The number of rotatable bonds is 2. The van der Waals surface area contributed by atoms with Gasteiger partial charge in [0.2, 0.25) is 0 Å². The van der Waals surface area contributed by atoms with Gasteiger partial charge in [0.05, 0.1) is 10.6 Å². The van der Waals surface area contributed by atoms with Crippen LogP contribution in [-0.2, 0) is 6.18 Å². The molecule has 1 aliphatic heterocycles. The molecule has 0 aromatic carbocycles. The summed E-state index contributed by atoms with van der Waals surface area (Å²) in [6.07, 6.45) is -1.63. The van der Waals surface area contributed by atoms with Crippen LogP contribution in [0.3, 0.4) is 0 Å². The monoisotopic (exact) mass is 348 g/mol. The van der Waals surface area contributed by atoms with Crippen LogP contribution in [0.25, 0.3) is 0 Å². The summed E-state index contributed by atoms with van der Waals surface area (Å²) in [5, 5.41) is 2.88. The Bertz CT molecular complexity index is 598. The Balaban J connectivity index is 1.62. The number of carbonyl (C=O) groups is 1. The number of aromatic nitrogens is 1. The summed E-state index contributed by atoms with van der Waals surface area (Å²) in [6.45, 7) is 1.93. The van der Waals surface area contributed by atoms with Gasteiger partial charge in [-0.25, -0.2) is 9.78 Å². The molecule has 0 atom stereocenters. The van der Waals surface area contributed by atoms with E-state index in [9.17, 15) is 18.0 Å². The fraction of sp³-hybridized carbons (Fsp3) is 0.571. The van der Waals surface area contributed by atoms with E-state index in [-0.39, 0.29) is 11.1 Å². The summed E-state index contributed by atoms with van der Waals surface area (Å²) in [4.78, 5) is 19.3. The van der Waals surface area contributed by atoms with Gasteiger partial charge in [0.25, 0.3) is 0 Å². The van der Waals surface area contributed by atoms with Crippen LogP contribution in [0.1, 0.15) is 18.4 Å². The predicted molar refractivity (Wildman–Crippen MR) is 79.6 cm³/mol. The standard InChI is InChI=1S/C14H16ClF3N4O/c15-11-7-9(14(16,17)18)8-19-12(11)21-3-5-22(6-4-21)13(23)20-10-1-2-10/h7-8,10H,1-6H2,(H,20,23). The zero-order valence-electron chi connectivity index (χ0n) is 12.2. The van der Waals surface area contributed by atoms with E-state index in [1.807, 2.05) is 0 Å². The molecule has 5 nitrogen and oxygen atoms in total. The first-order valence-electron chi connectivity index (χ1n) is 7.38. The van der Waals surface area contributed by atoms with Crippen molar-refractivity contribution in [2.24, 2.45) is 0 Å². The van der Waals surface area contributed by atoms with Gasteiger partial charge in [-0.1, -0.05) is 11.6 Å². The van der Waals surface area contributed by atoms with E-state index in [1.165, 1.54) is 0 Å². The summed E-state index contributed by atoms with van der Waals surface area (Å²) >= 11 is 5.95. The van der Waals surface area contributed by atoms with Crippen LogP contribution in [0.15, 0.2) is 12.3 Å². The van der Waals surface area contributed by atoms with E-state index in [0.717, 1.165) is 25.1 Å². The normalized spacial score (nSPS) is 19.0. The van der Waals surface area contributed by atoms with Crippen molar-refractivity contribution in [1.82, 2.24) is 15.2 Å². The summed E-state index contributed by atoms with van der Waals surface area (Å²) < 4.78 is 37.9. The Morgan fingerprint density at radius 1 is 1.26 bits per heavy atom. The lowest BCUT2D eigenvalue weighted by Gasteiger charge is -2.35. The highest BCUT2D eigenvalue weighted by Gasteiger charge is 2.33. The van der Waals surface area contributed by atoms with E-state index in [2.05, 4.69) is 10.3 Å². The Morgan fingerprint density at radius 2 is 1.91 bits per heavy atom. The maximum atomic E-state index is 12.6. The number of halogens is 4. The molecule has 1 saturated carbocycles. The number of urea groups is 1. The molecule has 1 N–H and O–H groups in total. The largest absolute Gasteiger partial charge is 0.417 e. The highest BCUT2D eigenvalue weighted by Crippen LogP contribution is 2.33. The Morgan fingerprint density at radius 3 is 2.43 bits per heavy atom. The summed E-state index contributed by atoms with van der Waals surface area (Å²) in [5.41, 5.74) is -0.867. The van der Waals surface area contributed by atoms with Crippen LogP contribution < -0.4 is 10.2 Å². The maximum Gasteiger partial charge on any atom is 0.417 e. The number of hydrogen-bond donors (Lipinski definition) is 1. The molecule has 2 aliphatic rings. The number of pyridine rings is 1. The molecule has 1 aliphatic carbocycles. The smallest absolute Gasteiger partial charge is 0.352 e. The molecule has 1 saturated heterocycles.